The first-order valence-electron chi connectivity index (χ1n) is 6.91. The van der Waals surface area contributed by atoms with Crippen molar-refractivity contribution >= 4 is 0 Å². The molecule has 2 aromatic heterocycles. The smallest absolute Gasteiger partial charge is 0.147 e. The number of aryl methyl sites for hydroxylation is 3. The highest BCUT2D eigenvalue weighted by atomic mass is 16.3. The summed E-state index contributed by atoms with van der Waals surface area (Å²) >= 11 is 0. The fraction of sp³-hybridized carbons (Fsp3) is 0.500. The number of aromatic nitrogens is 4. The van der Waals surface area contributed by atoms with E-state index in [1.54, 1.807) is 6.07 Å². The maximum absolute atomic E-state index is 9.80. The highest BCUT2D eigenvalue weighted by Gasteiger charge is 2.20. The number of pyridine rings is 1. The lowest BCUT2D eigenvalue weighted by atomic mass is 10.1. The first-order chi connectivity index (χ1) is 9.61. The van der Waals surface area contributed by atoms with Crippen LogP contribution in [-0.4, -0.2) is 30.9 Å². The van der Waals surface area contributed by atoms with Crippen molar-refractivity contribution in [3.63, 3.8) is 0 Å². The summed E-state index contributed by atoms with van der Waals surface area (Å²) in [6.07, 6.45) is 1.97. The first-order valence-corrected chi connectivity index (χ1v) is 6.91. The van der Waals surface area contributed by atoms with Gasteiger partial charge in [-0.05, 0) is 32.4 Å². The Bertz CT molecular complexity index is 622. The van der Waals surface area contributed by atoms with Gasteiger partial charge in [0.05, 0.1) is 12.2 Å². The van der Waals surface area contributed by atoms with Crippen LogP contribution in [-0.2, 0) is 19.5 Å². The maximum atomic E-state index is 9.80. The second-order valence-corrected chi connectivity index (χ2v) is 5.29. The molecular formula is C14H19N5O. The average Bonchev–Trinajstić information content (AvgIpc) is 2.79. The van der Waals surface area contributed by atoms with Gasteiger partial charge in [0.2, 0.25) is 0 Å². The molecule has 0 amide bonds. The number of hydrogen-bond acceptors (Lipinski definition) is 5. The molecule has 0 fully saturated rings. The van der Waals surface area contributed by atoms with Crippen LogP contribution in [0.3, 0.4) is 0 Å². The number of rotatable bonds is 3. The van der Waals surface area contributed by atoms with Gasteiger partial charge in [0, 0.05) is 24.7 Å². The number of nitrogens with zero attached hydrogens (tertiary/aromatic N) is 4. The normalized spacial score (nSPS) is 18.0. The van der Waals surface area contributed by atoms with Gasteiger partial charge in [0.1, 0.15) is 17.4 Å². The zero-order chi connectivity index (χ0) is 14.1. The Kier molecular flexibility index (Phi) is 3.40. The zero-order valence-electron chi connectivity index (χ0n) is 11.8. The monoisotopic (exact) mass is 273 g/mol. The van der Waals surface area contributed by atoms with Crippen molar-refractivity contribution in [3.05, 3.63) is 35.2 Å². The summed E-state index contributed by atoms with van der Waals surface area (Å²) in [4.78, 5) is 8.76. The number of hydrogen-bond donors (Lipinski definition) is 2. The quantitative estimate of drug-likeness (QED) is 0.876. The van der Waals surface area contributed by atoms with Gasteiger partial charge in [-0.15, -0.1) is 0 Å². The van der Waals surface area contributed by atoms with Crippen LogP contribution in [0.2, 0.25) is 0 Å². The summed E-state index contributed by atoms with van der Waals surface area (Å²) in [5.74, 6) is 2.15. The summed E-state index contributed by atoms with van der Waals surface area (Å²) in [5, 5.41) is 17.6. The van der Waals surface area contributed by atoms with Crippen LogP contribution in [0.5, 0.6) is 5.75 Å². The third-order valence-electron chi connectivity index (χ3n) is 3.61. The van der Waals surface area contributed by atoms with Gasteiger partial charge >= 0.3 is 0 Å². The van der Waals surface area contributed by atoms with E-state index in [2.05, 4.69) is 20.4 Å². The molecule has 6 nitrogen and oxygen atoms in total. The summed E-state index contributed by atoms with van der Waals surface area (Å²) in [7, 11) is 0. The van der Waals surface area contributed by atoms with Crippen LogP contribution in [0.15, 0.2) is 12.1 Å². The molecule has 0 bridgehead atoms. The predicted octanol–water partition coefficient (Wildman–Crippen LogP) is 1.10. The minimum Gasteiger partial charge on any atom is -0.506 e. The van der Waals surface area contributed by atoms with E-state index in [1.165, 1.54) is 0 Å². The topological polar surface area (TPSA) is 75.9 Å². The van der Waals surface area contributed by atoms with E-state index < -0.39 is 0 Å². The van der Waals surface area contributed by atoms with E-state index in [0.717, 1.165) is 36.7 Å². The maximum Gasteiger partial charge on any atom is 0.147 e. The van der Waals surface area contributed by atoms with Crippen LogP contribution in [0.25, 0.3) is 0 Å². The van der Waals surface area contributed by atoms with Crippen molar-refractivity contribution in [3.8, 4) is 5.75 Å². The molecule has 0 aliphatic carbocycles. The minimum absolute atomic E-state index is 0.246. The van der Waals surface area contributed by atoms with E-state index in [4.69, 9.17) is 0 Å². The van der Waals surface area contributed by atoms with Crippen LogP contribution >= 0.6 is 0 Å². The van der Waals surface area contributed by atoms with E-state index in [1.807, 2.05) is 24.6 Å². The molecule has 1 atom stereocenters. The molecule has 20 heavy (non-hydrogen) atoms. The van der Waals surface area contributed by atoms with E-state index in [-0.39, 0.29) is 5.75 Å². The minimum atomic E-state index is 0.246. The van der Waals surface area contributed by atoms with Gasteiger partial charge in [0.25, 0.3) is 0 Å². The lowest BCUT2D eigenvalue weighted by Gasteiger charge is -2.23. The summed E-state index contributed by atoms with van der Waals surface area (Å²) in [6.45, 7) is 5.24. The lowest BCUT2D eigenvalue weighted by molar-refractivity contribution is 0.353. The molecule has 0 aromatic carbocycles. The second kappa shape index (κ2) is 5.20. The molecule has 2 aromatic rings. The molecule has 1 aliphatic heterocycles. The van der Waals surface area contributed by atoms with Crippen molar-refractivity contribution in [1.82, 2.24) is 25.1 Å². The fourth-order valence-electron chi connectivity index (χ4n) is 2.57. The summed E-state index contributed by atoms with van der Waals surface area (Å²) in [6, 6.07) is 3.84. The summed E-state index contributed by atoms with van der Waals surface area (Å²) < 4.78 is 1.97. The lowest BCUT2D eigenvalue weighted by Crippen LogP contribution is -2.37. The molecule has 3 rings (SSSR count). The second-order valence-electron chi connectivity index (χ2n) is 5.29. The molecule has 3 heterocycles. The Labute approximate surface area is 117 Å². The highest BCUT2D eigenvalue weighted by Crippen LogP contribution is 2.17. The fourth-order valence-corrected chi connectivity index (χ4v) is 2.57. The molecular weight excluding hydrogens is 254 g/mol. The Hall–Kier alpha value is -1.95. The van der Waals surface area contributed by atoms with Crippen molar-refractivity contribution in [2.45, 2.75) is 45.8 Å². The largest absolute Gasteiger partial charge is 0.506 e. The molecule has 1 aliphatic rings. The van der Waals surface area contributed by atoms with Gasteiger partial charge in [0.15, 0.2) is 0 Å². The third kappa shape index (κ3) is 2.65. The standard InChI is InChI=1S/C14H19N5O/c1-9-3-5-13(20)12(16-9)7-15-11-4-6-14-17-10(2)18-19(14)8-11/h3,5,11,15,20H,4,6-8H2,1-2H3/t11-/m0/s1. The number of fused-ring (bicyclic) bond motifs is 1. The molecule has 0 spiro atoms. The van der Waals surface area contributed by atoms with Gasteiger partial charge in [-0.3, -0.25) is 4.98 Å². The molecule has 106 valence electrons. The van der Waals surface area contributed by atoms with Gasteiger partial charge < -0.3 is 10.4 Å². The Balaban J connectivity index is 1.64. The Morgan fingerprint density at radius 2 is 2.20 bits per heavy atom. The van der Waals surface area contributed by atoms with Crippen LogP contribution in [0, 0.1) is 13.8 Å². The summed E-state index contributed by atoms with van der Waals surface area (Å²) in [5.41, 5.74) is 1.61. The first kappa shape index (κ1) is 13.1. The van der Waals surface area contributed by atoms with Crippen molar-refractivity contribution in [2.75, 3.05) is 0 Å². The van der Waals surface area contributed by atoms with Gasteiger partial charge in [-0.1, -0.05) is 0 Å². The van der Waals surface area contributed by atoms with Crippen LogP contribution in [0.1, 0.15) is 29.5 Å². The van der Waals surface area contributed by atoms with Crippen LogP contribution in [0.4, 0.5) is 0 Å². The highest BCUT2D eigenvalue weighted by molar-refractivity contribution is 5.27. The van der Waals surface area contributed by atoms with Crippen molar-refractivity contribution in [2.24, 2.45) is 0 Å². The van der Waals surface area contributed by atoms with E-state index in [0.29, 0.717) is 18.3 Å². The molecule has 2 N–H and O–H groups in total. The van der Waals surface area contributed by atoms with Gasteiger partial charge in [-0.2, -0.15) is 5.10 Å². The SMILES string of the molecule is Cc1ccc(O)c(CN[C@H]2CCc3nc(C)nn3C2)n1. The van der Waals surface area contributed by atoms with E-state index >= 15 is 0 Å². The van der Waals surface area contributed by atoms with E-state index in [9.17, 15) is 5.11 Å². The van der Waals surface area contributed by atoms with Crippen LogP contribution < -0.4 is 5.32 Å². The number of aromatic hydroxyl groups is 1. The predicted molar refractivity (Wildman–Crippen MR) is 74.3 cm³/mol. The molecule has 0 saturated heterocycles. The van der Waals surface area contributed by atoms with Crippen molar-refractivity contribution < 1.29 is 5.11 Å². The van der Waals surface area contributed by atoms with Gasteiger partial charge in [-0.25, -0.2) is 9.67 Å². The molecule has 0 unspecified atom stereocenters. The molecule has 0 saturated carbocycles. The number of nitrogens with one attached hydrogen (secondary N) is 1. The molecule has 6 heteroatoms. The Morgan fingerprint density at radius 1 is 1.35 bits per heavy atom. The average molecular weight is 273 g/mol. The van der Waals surface area contributed by atoms with Crippen molar-refractivity contribution in [1.29, 1.82) is 0 Å². The third-order valence-corrected chi connectivity index (χ3v) is 3.61. The molecule has 0 radical (unpaired) electrons. The zero-order valence-corrected chi connectivity index (χ0v) is 11.8. The Morgan fingerprint density at radius 3 is 3.05 bits per heavy atom.